The highest BCUT2D eigenvalue weighted by Crippen LogP contribution is 2.33. The molecule has 0 radical (unpaired) electrons. The Morgan fingerprint density at radius 3 is 2.60 bits per heavy atom. The summed E-state index contributed by atoms with van der Waals surface area (Å²) < 4.78 is 0. The molecule has 15 heavy (non-hydrogen) atoms. The van der Waals surface area contributed by atoms with Gasteiger partial charge in [0.1, 0.15) is 0 Å². The molecule has 0 aromatic heterocycles. The smallest absolute Gasteiger partial charge is 0.284 e. The highest BCUT2D eigenvalue weighted by molar-refractivity contribution is 6.23. The van der Waals surface area contributed by atoms with Gasteiger partial charge in [-0.2, -0.15) is 0 Å². The van der Waals surface area contributed by atoms with Crippen molar-refractivity contribution >= 4 is 12.2 Å². The summed E-state index contributed by atoms with van der Waals surface area (Å²) in [6, 6.07) is 0.187. The molecular formula is C12H21NO2. The second-order valence-electron chi connectivity index (χ2n) is 5.06. The number of amides is 1. The van der Waals surface area contributed by atoms with Crippen LogP contribution in [-0.2, 0) is 9.59 Å². The van der Waals surface area contributed by atoms with E-state index in [1.54, 1.807) is 0 Å². The van der Waals surface area contributed by atoms with Crippen LogP contribution in [0, 0.1) is 17.8 Å². The fourth-order valence-electron chi connectivity index (χ4n) is 2.58. The molecule has 1 N–H and O–H groups in total. The summed E-state index contributed by atoms with van der Waals surface area (Å²) in [5.74, 6) is 1.26. The van der Waals surface area contributed by atoms with E-state index in [1.165, 1.54) is 6.42 Å². The van der Waals surface area contributed by atoms with Crippen LogP contribution in [-0.4, -0.2) is 18.2 Å². The maximum Gasteiger partial charge on any atom is 0.284 e. The zero-order chi connectivity index (χ0) is 11.4. The normalized spacial score (nSPS) is 31.3. The van der Waals surface area contributed by atoms with Gasteiger partial charge in [0.25, 0.3) is 5.91 Å². The first-order valence-corrected chi connectivity index (χ1v) is 5.80. The summed E-state index contributed by atoms with van der Waals surface area (Å²) in [4.78, 5) is 21.4. The van der Waals surface area contributed by atoms with Crippen molar-refractivity contribution < 1.29 is 9.59 Å². The van der Waals surface area contributed by atoms with Crippen LogP contribution in [0.25, 0.3) is 0 Å². The Hall–Kier alpha value is -0.860. The molecular weight excluding hydrogens is 190 g/mol. The van der Waals surface area contributed by atoms with Gasteiger partial charge in [0.15, 0.2) is 0 Å². The van der Waals surface area contributed by atoms with Crippen molar-refractivity contribution in [3.63, 3.8) is 0 Å². The number of carbonyl (C=O) groups is 2. The van der Waals surface area contributed by atoms with Gasteiger partial charge in [-0.25, -0.2) is 0 Å². The molecule has 1 aliphatic rings. The first-order chi connectivity index (χ1) is 7.04. The second kappa shape index (κ2) is 5.29. The molecule has 0 aromatic rings. The maximum atomic E-state index is 11.1. The number of hydrogen-bond acceptors (Lipinski definition) is 2. The van der Waals surface area contributed by atoms with Crippen LogP contribution in [0.15, 0.2) is 0 Å². The fourth-order valence-corrected chi connectivity index (χ4v) is 2.58. The lowest BCUT2D eigenvalue weighted by Crippen LogP contribution is -2.45. The lowest BCUT2D eigenvalue weighted by atomic mass is 9.74. The van der Waals surface area contributed by atoms with Gasteiger partial charge >= 0.3 is 0 Å². The van der Waals surface area contributed by atoms with E-state index < -0.39 is 5.91 Å². The van der Waals surface area contributed by atoms with Crippen LogP contribution in [0.4, 0.5) is 0 Å². The van der Waals surface area contributed by atoms with Crippen LogP contribution in [0.1, 0.15) is 40.0 Å². The van der Waals surface area contributed by atoms with E-state index in [4.69, 9.17) is 0 Å². The highest BCUT2D eigenvalue weighted by atomic mass is 16.2. The zero-order valence-electron chi connectivity index (χ0n) is 9.82. The Balaban J connectivity index is 2.61. The van der Waals surface area contributed by atoms with Gasteiger partial charge < -0.3 is 5.32 Å². The summed E-state index contributed by atoms with van der Waals surface area (Å²) in [6.07, 6.45) is 3.76. The molecule has 0 aliphatic heterocycles. The zero-order valence-corrected chi connectivity index (χ0v) is 9.82. The first-order valence-electron chi connectivity index (χ1n) is 5.80. The minimum absolute atomic E-state index is 0.187. The van der Waals surface area contributed by atoms with E-state index in [1.807, 2.05) is 0 Å². The number of rotatable bonds is 3. The average molecular weight is 211 g/mol. The van der Waals surface area contributed by atoms with Crippen LogP contribution < -0.4 is 5.32 Å². The SMILES string of the molecule is CC(C)[C@@H]1CC[C@@H](C)C[C@H]1NC(=O)C=O. The molecule has 3 atom stereocenters. The van der Waals surface area contributed by atoms with Gasteiger partial charge in [-0.05, 0) is 30.6 Å². The third-order valence-corrected chi connectivity index (χ3v) is 3.46. The van der Waals surface area contributed by atoms with Crippen molar-refractivity contribution in [3.8, 4) is 0 Å². The molecule has 1 saturated carbocycles. The van der Waals surface area contributed by atoms with E-state index in [0.717, 1.165) is 12.8 Å². The van der Waals surface area contributed by atoms with Crippen LogP contribution in [0.3, 0.4) is 0 Å². The van der Waals surface area contributed by atoms with Gasteiger partial charge in [0.05, 0.1) is 0 Å². The topological polar surface area (TPSA) is 46.2 Å². The maximum absolute atomic E-state index is 11.1. The quantitative estimate of drug-likeness (QED) is 0.571. The molecule has 1 amide bonds. The molecule has 86 valence electrons. The van der Waals surface area contributed by atoms with Crippen LogP contribution in [0.5, 0.6) is 0 Å². The molecule has 0 spiro atoms. The summed E-state index contributed by atoms with van der Waals surface area (Å²) >= 11 is 0. The Morgan fingerprint density at radius 1 is 1.40 bits per heavy atom. The molecule has 0 saturated heterocycles. The van der Waals surface area contributed by atoms with E-state index in [0.29, 0.717) is 24.0 Å². The van der Waals surface area contributed by atoms with Crippen LogP contribution >= 0.6 is 0 Å². The largest absolute Gasteiger partial charge is 0.347 e. The monoisotopic (exact) mass is 211 g/mol. The van der Waals surface area contributed by atoms with Crippen LogP contribution in [0.2, 0.25) is 0 Å². The molecule has 3 nitrogen and oxygen atoms in total. The number of nitrogens with one attached hydrogen (secondary N) is 1. The predicted octanol–water partition coefficient (Wildman–Crippen LogP) is 1.76. The average Bonchev–Trinajstić information content (AvgIpc) is 2.17. The van der Waals surface area contributed by atoms with E-state index >= 15 is 0 Å². The predicted molar refractivity (Wildman–Crippen MR) is 59.3 cm³/mol. The van der Waals surface area contributed by atoms with Gasteiger partial charge in [-0.15, -0.1) is 0 Å². The molecule has 1 fully saturated rings. The molecule has 0 heterocycles. The molecule has 0 bridgehead atoms. The Bertz CT molecular complexity index is 238. The van der Waals surface area contributed by atoms with Crippen molar-refractivity contribution in [2.24, 2.45) is 17.8 Å². The van der Waals surface area contributed by atoms with Crippen molar-refractivity contribution in [1.29, 1.82) is 0 Å². The molecule has 3 heteroatoms. The minimum atomic E-state index is -0.472. The fraction of sp³-hybridized carbons (Fsp3) is 0.833. The molecule has 1 aliphatic carbocycles. The molecule has 0 unspecified atom stereocenters. The van der Waals surface area contributed by atoms with Crippen molar-refractivity contribution in [2.45, 2.75) is 46.1 Å². The van der Waals surface area contributed by atoms with Crippen molar-refractivity contribution in [3.05, 3.63) is 0 Å². The third kappa shape index (κ3) is 3.33. The van der Waals surface area contributed by atoms with Gasteiger partial charge in [0.2, 0.25) is 6.29 Å². The number of aldehydes is 1. The van der Waals surface area contributed by atoms with Crippen molar-refractivity contribution in [2.75, 3.05) is 0 Å². The number of hydrogen-bond donors (Lipinski definition) is 1. The Labute approximate surface area is 91.6 Å². The summed E-state index contributed by atoms with van der Waals surface area (Å²) in [5.41, 5.74) is 0. The number of carbonyl (C=O) groups excluding carboxylic acids is 2. The van der Waals surface area contributed by atoms with E-state index in [9.17, 15) is 9.59 Å². The highest BCUT2D eigenvalue weighted by Gasteiger charge is 2.31. The first kappa shape index (κ1) is 12.2. The summed E-state index contributed by atoms with van der Waals surface area (Å²) in [7, 11) is 0. The second-order valence-corrected chi connectivity index (χ2v) is 5.06. The molecule has 0 aromatic carbocycles. The summed E-state index contributed by atoms with van der Waals surface area (Å²) in [6.45, 7) is 6.57. The lowest BCUT2D eigenvalue weighted by Gasteiger charge is -2.37. The third-order valence-electron chi connectivity index (χ3n) is 3.46. The van der Waals surface area contributed by atoms with E-state index in [2.05, 4.69) is 26.1 Å². The van der Waals surface area contributed by atoms with Gasteiger partial charge in [0, 0.05) is 6.04 Å². The summed E-state index contributed by atoms with van der Waals surface area (Å²) in [5, 5.41) is 2.82. The van der Waals surface area contributed by atoms with E-state index in [-0.39, 0.29) is 6.04 Å². The molecule has 1 rings (SSSR count). The Morgan fingerprint density at radius 2 is 2.07 bits per heavy atom. The standard InChI is InChI=1S/C12H21NO2/c1-8(2)10-5-4-9(3)6-11(10)13-12(15)7-14/h7-11H,4-6H2,1-3H3,(H,13,15)/t9-,10+,11-/m1/s1. The van der Waals surface area contributed by atoms with Gasteiger partial charge in [-0.3, -0.25) is 9.59 Å². The van der Waals surface area contributed by atoms with Gasteiger partial charge in [-0.1, -0.05) is 27.2 Å². The lowest BCUT2D eigenvalue weighted by molar-refractivity contribution is -0.132. The minimum Gasteiger partial charge on any atom is -0.347 e. The van der Waals surface area contributed by atoms with Crippen molar-refractivity contribution in [1.82, 2.24) is 5.32 Å². The Kier molecular flexibility index (Phi) is 4.30.